The van der Waals surface area contributed by atoms with Crippen molar-refractivity contribution in [1.29, 1.82) is 0 Å². The van der Waals surface area contributed by atoms with E-state index in [4.69, 9.17) is 10.8 Å². The second-order valence-electron chi connectivity index (χ2n) is 2.18. The highest BCUT2D eigenvalue weighted by Gasteiger charge is 2.10. The Labute approximate surface area is 54.3 Å². The molecular weight excluding hydrogens is 120 g/mol. The summed E-state index contributed by atoms with van der Waals surface area (Å²) < 4.78 is 0. The second kappa shape index (κ2) is 3.42. The van der Waals surface area contributed by atoms with Gasteiger partial charge in [0.1, 0.15) is 6.10 Å². The third-order valence-electron chi connectivity index (χ3n) is 0.867. The summed E-state index contributed by atoms with van der Waals surface area (Å²) >= 11 is 0. The van der Waals surface area contributed by atoms with E-state index in [2.05, 4.69) is 0 Å². The molecule has 0 aromatic heterocycles. The molecule has 0 heterocycles. The van der Waals surface area contributed by atoms with Crippen LogP contribution < -0.4 is 5.73 Å². The fraction of sp³-hybridized carbons (Fsp3) is 0.800. The van der Waals surface area contributed by atoms with Gasteiger partial charge in [0, 0.05) is 6.54 Å². The summed E-state index contributed by atoms with van der Waals surface area (Å²) in [6.45, 7) is 0.287. The number of nitrogens with zero attached hydrogens (tertiary/aromatic N) is 1. The molecule has 0 aliphatic carbocycles. The Kier molecular flexibility index (Phi) is 3.19. The summed E-state index contributed by atoms with van der Waals surface area (Å²) in [6, 6.07) is 0. The quantitative estimate of drug-likeness (QED) is 0.485. The lowest BCUT2D eigenvalue weighted by Crippen LogP contribution is -2.37. The van der Waals surface area contributed by atoms with Gasteiger partial charge in [-0.05, 0) is 14.1 Å². The maximum absolute atomic E-state index is 10.2. The summed E-state index contributed by atoms with van der Waals surface area (Å²) in [6.07, 6.45) is -1.04. The largest absolute Gasteiger partial charge is 0.382 e. The van der Waals surface area contributed by atoms with Crippen LogP contribution in [0.2, 0.25) is 0 Å². The van der Waals surface area contributed by atoms with Gasteiger partial charge in [-0.25, -0.2) is 0 Å². The Hall–Kier alpha value is -0.610. The predicted octanol–water partition coefficient (Wildman–Crippen LogP) is -1.61. The molecule has 4 nitrogen and oxygen atoms in total. The average Bonchev–Trinajstić information content (AvgIpc) is 1.63. The molecule has 0 unspecified atom stereocenters. The molecule has 0 fully saturated rings. The molecule has 0 saturated heterocycles. The van der Waals surface area contributed by atoms with Gasteiger partial charge in [0.25, 0.3) is 0 Å². The van der Waals surface area contributed by atoms with Crippen LogP contribution in [0.4, 0.5) is 0 Å². The van der Waals surface area contributed by atoms with E-state index in [9.17, 15) is 4.79 Å². The van der Waals surface area contributed by atoms with Crippen molar-refractivity contribution in [2.24, 2.45) is 5.73 Å². The summed E-state index contributed by atoms with van der Waals surface area (Å²) in [4.78, 5) is 11.9. The molecule has 0 bridgehead atoms. The molecule has 1 amide bonds. The van der Waals surface area contributed by atoms with Gasteiger partial charge >= 0.3 is 0 Å². The molecule has 0 rings (SSSR count). The van der Waals surface area contributed by atoms with E-state index in [0.717, 1.165) is 0 Å². The zero-order valence-corrected chi connectivity index (χ0v) is 5.66. The van der Waals surface area contributed by atoms with Crippen molar-refractivity contribution >= 4 is 5.91 Å². The number of aliphatic hydroxyl groups is 1. The number of likely N-dealkylation sites (N-methyl/N-ethyl adjacent to an activating group) is 1. The fourth-order valence-corrected chi connectivity index (χ4v) is 0.436. The number of amides is 1. The van der Waals surface area contributed by atoms with Crippen molar-refractivity contribution in [2.45, 2.75) is 6.10 Å². The SMILES string of the molecule is CN(C)C[C@H](O)C(N)=O. The van der Waals surface area contributed by atoms with E-state index in [0.29, 0.717) is 0 Å². The van der Waals surface area contributed by atoms with Crippen molar-refractivity contribution in [1.82, 2.24) is 4.90 Å². The number of hydrogen-bond donors (Lipinski definition) is 2. The Bertz CT molecular complexity index is 103. The molecule has 0 aromatic carbocycles. The zero-order valence-electron chi connectivity index (χ0n) is 5.66. The van der Waals surface area contributed by atoms with Crippen LogP contribution >= 0.6 is 0 Å². The molecule has 0 saturated carbocycles. The molecule has 3 N–H and O–H groups in total. The van der Waals surface area contributed by atoms with Crippen molar-refractivity contribution in [3.05, 3.63) is 0 Å². The van der Waals surface area contributed by atoms with Gasteiger partial charge in [-0.3, -0.25) is 4.79 Å². The summed E-state index contributed by atoms with van der Waals surface area (Å²) in [5, 5.41) is 8.78. The maximum atomic E-state index is 10.2. The number of hydrogen-bond acceptors (Lipinski definition) is 3. The Morgan fingerprint density at radius 1 is 1.78 bits per heavy atom. The van der Waals surface area contributed by atoms with Gasteiger partial charge in [0.05, 0.1) is 0 Å². The Balaban J connectivity index is 3.50. The number of carbonyl (C=O) groups is 1. The van der Waals surface area contributed by atoms with E-state index in [1.165, 1.54) is 0 Å². The first-order chi connectivity index (χ1) is 4.04. The number of primary amides is 1. The second-order valence-corrected chi connectivity index (χ2v) is 2.18. The minimum Gasteiger partial charge on any atom is -0.382 e. The minimum absolute atomic E-state index is 0.287. The lowest BCUT2D eigenvalue weighted by atomic mass is 10.3. The van der Waals surface area contributed by atoms with Crippen molar-refractivity contribution in [2.75, 3.05) is 20.6 Å². The van der Waals surface area contributed by atoms with Crippen LogP contribution in [0.15, 0.2) is 0 Å². The monoisotopic (exact) mass is 132 g/mol. The summed E-state index contributed by atoms with van der Waals surface area (Å²) in [7, 11) is 3.51. The third kappa shape index (κ3) is 3.93. The van der Waals surface area contributed by atoms with E-state index >= 15 is 0 Å². The standard InChI is InChI=1S/C5H12N2O2/c1-7(2)3-4(8)5(6)9/h4,8H,3H2,1-2H3,(H2,6,9)/t4-/m0/s1. The zero-order chi connectivity index (χ0) is 7.44. The minimum atomic E-state index is -1.04. The van der Waals surface area contributed by atoms with Crippen LogP contribution in [0.5, 0.6) is 0 Å². The van der Waals surface area contributed by atoms with Gasteiger partial charge in [-0.15, -0.1) is 0 Å². The highest BCUT2D eigenvalue weighted by Crippen LogP contribution is 1.82. The molecule has 4 heteroatoms. The topological polar surface area (TPSA) is 66.6 Å². The first-order valence-electron chi connectivity index (χ1n) is 2.66. The van der Waals surface area contributed by atoms with Crippen molar-refractivity contribution < 1.29 is 9.90 Å². The van der Waals surface area contributed by atoms with E-state index < -0.39 is 12.0 Å². The van der Waals surface area contributed by atoms with E-state index in [1.807, 2.05) is 0 Å². The number of carbonyl (C=O) groups excluding carboxylic acids is 1. The molecule has 0 aliphatic rings. The summed E-state index contributed by atoms with van der Waals surface area (Å²) in [5.41, 5.74) is 4.77. The molecule has 0 radical (unpaired) electrons. The maximum Gasteiger partial charge on any atom is 0.247 e. The number of nitrogens with two attached hydrogens (primary N) is 1. The molecule has 1 atom stereocenters. The Morgan fingerprint density at radius 2 is 2.22 bits per heavy atom. The number of aliphatic hydroxyl groups excluding tert-OH is 1. The fourth-order valence-electron chi connectivity index (χ4n) is 0.436. The van der Waals surface area contributed by atoms with Gasteiger partial charge in [0.15, 0.2) is 0 Å². The molecule has 9 heavy (non-hydrogen) atoms. The van der Waals surface area contributed by atoms with Crippen LogP contribution in [-0.2, 0) is 4.79 Å². The van der Waals surface area contributed by atoms with Crippen molar-refractivity contribution in [3.8, 4) is 0 Å². The molecule has 0 aliphatic heterocycles. The normalized spacial score (nSPS) is 13.8. The molecule has 54 valence electrons. The van der Waals surface area contributed by atoms with Crippen LogP contribution in [-0.4, -0.2) is 42.7 Å². The van der Waals surface area contributed by atoms with Crippen LogP contribution in [0.1, 0.15) is 0 Å². The van der Waals surface area contributed by atoms with Gasteiger partial charge in [-0.1, -0.05) is 0 Å². The summed E-state index contributed by atoms with van der Waals surface area (Å²) in [5.74, 6) is -0.677. The van der Waals surface area contributed by atoms with Gasteiger partial charge < -0.3 is 15.7 Å². The molecule has 0 aromatic rings. The molecular formula is C5H12N2O2. The van der Waals surface area contributed by atoms with Gasteiger partial charge in [-0.2, -0.15) is 0 Å². The average molecular weight is 132 g/mol. The lowest BCUT2D eigenvalue weighted by Gasteiger charge is -2.11. The predicted molar refractivity (Wildman–Crippen MR) is 33.8 cm³/mol. The first kappa shape index (κ1) is 8.39. The van der Waals surface area contributed by atoms with Crippen LogP contribution in [0.25, 0.3) is 0 Å². The lowest BCUT2D eigenvalue weighted by molar-refractivity contribution is -0.126. The number of rotatable bonds is 3. The van der Waals surface area contributed by atoms with Crippen LogP contribution in [0.3, 0.4) is 0 Å². The van der Waals surface area contributed by atoms with E-state index in [1.54, 1.807) is 19.0 Å². The molecule has 0 spiro atoms. The highest BCUT2D eigenvalue weighted by atomic mass is 16.3. The van der Waals surface area contributed by atoms with Crippen molar-refractivity contribution in [3.63, 3.8) is 0 Å². The third-order valence-corrected chi connectivity index (χ3v) is 0.867. The Morgan fingerprint density at radius 3 is 2.33 bits per heavy atom. The smallest absolute Gasteiger partial charge is 0.247 e. The highest BCUT2D eigenvalue weighted by molar-refractivity contribution is 5.78. The van der Waals surface area contributed by atoms with Gasteiger partial charge in [0.2, 0.25) is 5.91 Å². The van der Waals surface area contributed by atoms with Crippen LogP contribution in [0, 0.1) is 0 Å². The first-order valence-corrected chi connectivity index (χ1v) is 2.66. The van der Waals surface area contributed by atoms with E-state index in [-0.39, 0.29) is 6.54 Å².